The number of aryl methyl sites for hydroxylation is 1. The summed E-state index contributed by atoms with van der Waals surface area (Å²) in [6, 6.07) is 27.5. The zero-order valence-electron chi connectivity index (χ0n) is 65.4. The number of H-pyrrole nitrogens is 2. The molecule has 17 rings (SSSR count). The standard InChI is InChI=1S/C23H17N3O5.C21H15F2N3O4.C21H19N5O6.C19H15N5O6/c1-30-17-4-3-16-12-26(20(27)18(16)11-17)13-23(21(28)24-22(29)25-23)8-6-14-2-5-19-15(10-14)7-9-31-19;1-30-15-4-5-16-13(8-15)10-26(18(16)27)11-21(19(28)24-20(29)25-21)7-6-12-2-3-14(22)9-17(12)23;1-24-9-13(16(27)25(2)20(24)31)6-7-21(18(29)22-19(30)23-21)11-26-10-12-4-5-14(32-3)8-15(12)17(26)28;1-30-12-3-2-11-8-24(15(26)13(11)6-12)9-19(16(27)22-18(29)23-19)5-4-10-7-20-17(28)21-14(10)25/h2-5,7,9-11H,12-13H2,1H3,(H2,24,25,28,29);2-5,8-9H,10-11H2,1H3,(H2,24,25,28,29);4-5,8-9H,10-11H2,1-3H3,(H2,22,23,29,30);2-3,6-7H,8-9H2,1H3,(H2,20,21,25,28)(H2,22,23,27,29)/t23-;2*21-;19-/m1111/s1. The number of furan rings is 1. The number of benzene rings is 6. The third-order valence-electron chi connectivity index (χ3n) is 20.6. The minimum Gasteiger partial charge on any atom is -0.497 e. The van der Waals surface area contributed by atoms with Crippen molar-refractivity contribution in [3.63, 3.8) is 0 Å². The number of urea groups is 4. The van der Waals surface area contributed by atoms with Gasteiger partial charge in [-0.1, -0.05) is 65.6 Å². The predicted molar refractivity (Wildman–Crippen MR) is 423 cm³/mol. The Balaban J connectivity index is 0.000000134. The Morgan fingerprint density at radius 3 is 1.25 bits per heavy atom. The molecule has 0 saturated carbocycles. The molecular formula is C84H66F2N16O21. The summed E-state index contributed by atoms with van der Waals surface area (Å²) in [6.45, 7) is 0.108. The number of methoxy groups -OCH3 is 4. The van der Waals surface area contributed by atoms with Gasteiger partial charge >= 0.3 is 35.5 Å². The van der Waals surface area contributed by atoms with Gasteiger partial charge in [-0.25, -0.2) is 37.5 Å². The van der Waals surface area contributed by atoms with E-state index in [0.29, 0.717) is 69.0 Å². The lowest BCUT2D eigenvalue weighted by Gasteiger charge is -2.26. The third-order valence-corrected chi connectivity index (χ3v) is 20.6. The van der Waals surface area contributed by atoms with Gasteiger partial charge in [0.25, 0.3) is 58.4 Å². The third kappa shape index (κ3) is 16.5. The summed E-state index contributed by atoms with van der Waals surface area (Å²) in [6.07, 6.45) is 3.93. The first-order valence-corrected chi connectivity index (χ1v) is 36.8. The molecule has 8 aliphatic heterocycles. The van der Waals surface area contributed by atoms with Gasteiger partial charge in [-0.15, -0.1) is 0 Å². The van der Waals surface area contributed by atoms with Gasteiger partial charge in [0, 0.05) is 91.9 Å². The second-order valence-corrected chi connectivity index (χ2v) is 28.6. The Hall–Kier alpha value is -16.8. The van der Waals surface area contributed by atoms with E-state index < -0.39 is 104 Å². The first kappa shape index (κ1) is 82.7. The Labute approximate surface area is 691 Å². The first-order chi connectivity index (χ1) is 58.7. The minimum absolute atomic E-state index is 0.0382. The normalized spacial score (nSPS) is 19.5. The number of imide groups is 4. The van der Waals surface area contributed by atoms with Gasteiger partial charge < -0.3 is 73.8 Å². The number of fused-ring (bicyclic) bond motifs is 5. The van der Waals surface area contributed by atoms with Gasteiger partial charge in [-0.05, 0) is 113 Å². The van der Waals surface area contributed by atoms with Crippen LogP contribution in [0.3, 0.4) is 0 Å². The van der Waals surface area contributed by atoms with Crippen molar-refractivity contribution in [3.05, 3.63) is 254 Å². The number of ether oxygens (including phenoxy) is 4. The molecule has 6 aromatic carbocycles. The van der Waals surface area contributed by atoms with Crippen molar-refractivity contribution in [3.8, 4) is 70.4 Å². The van der Waals surface area contributed by atoms with E-state index in [1.165, 1.54) is 72.9 Å². The number of aromatic amines is 2. The lowest BCUT2D eigenvalue weighted by Crippen LogP contribution is -2.54. The summed E-state index contributed by atoms with van der Waals surface area (Å²) in [4.78, 5) is 207. The van der Waals surface area contributed by atoms with Gasteiger partial charge in [0.05, 0.1) is 66.4 Å². The molecule has 3 aromatic heterocycles. The van der Waals surface area contributed by atoms with E-state index in [0.717, 1.165) is 50.6 Å². The van der Waals surface area contributed by atoms with Crippen LogP contribution in [0.5, 0.6) is 23.0 Å². The number of hydrogen-bond acceptors (Lipinski definition) is 21. The molecule has 0 unspecified atom stereocenters. The molecule has 8 aliphatic rings. The van der Waals surface area contributed by atoms with Crippen molar-refractivity contribution in [1.29, 1.82) is 0 Å². The molecule has 0 radical (unpaired) electrons. The Morgan fingerprint density at radius 1 is 0.423 bits per heavy atom. The molecule has 4 atom stereocenters. The van der Waals surface area contributed by atoms with Crippen LogP contribution in [0.25, 0.3) is 11.0 Å². The maximum absolute atomic E-state index is 13.9. The molecule has 10 N–H and O–H groups in total. The molecule has 11 heterocycles. The van der Waals surface area contributed by atoms with Crippen LogP contribution >= 0.6 is 0 Å². The second kappa shape index (κ2) is 32.9. The van der Waals surface area contributed by atoms with Crippen LogP contribution in [0.15, 0.2) is 158 Å². The van der Waals surface area contributed by atoms with E-state index in [4.69, 9.17) is 23.4 Å². The van der Waals surface area contributed by atoms with Crippen LogP contribution in [0.1, 0.15) is 85.9 Å². The summed E-state index contributed by atoms with van der Waals surface area (Å²) in [5.74, 6) is 17.7. The fraction of sp³-hybridized carbons (Fsp3) is 0.214. The second-order valence-electron chi connectivity index (χ2n) is 28.6. The maximum atomic E-state index is 13.9. The van der Waals surface area contributed by atoms with Gasteiger partial charge in [0.2, 0.25) is 22.2 Å². The smallest absolute Gasteiger partial charge is 0.330 e. The number of carbonyl (C=O) groups is 12. The van der Waals surface area contributed by atoms with Gasteiger partial charge in [0.15, 0.2) is 0 Å². The lowest BCUT2D eigenvalue weighted by atomic mass is 9.99. The highest BCUT2D eigenvalue weighted by atomic mass is 19.1. The van der Waals surface area contributed by atoms with Crippen molar-refractivity contribution in [2.75, 3.05) is 54.6 Å². The number of aromatic nitrogens is 4. The molecule has 9 aromatic rings. The topological polar surface area (TPSA) is 474 Å². The minimum atomic E-state index is -1.78. The molecule has 622 valence electrons. The Bertz CT molecular complexity index is 6680. The highest BCUT2D eigenvalue weighted by Crippen LogP contribution is 2.34. The SMILES string of the molecule is COc1ccc2c(c1)C(=O)N(C[C@@]1(C#Cc3c[nH]c(=O)[nH]c3=O)NC(=O)NC1=O)C2.COc1ccc2c(c1)C(=O)N(C[C@@]1(C#Cc3ccc4occc4c3)NC(=O)NC1=O)C2.COc1ccc2c(c1)C(=O)N(C[C@@]1(C#Cc3cn(C)c(=O)n(C)c3=O)NC(=O)NC1=O)C2.COc1ccc2c(c1)CN(C[C@@]1(C#Cc3ccc(F)cc3F)NC(=O)NC1=O)C2=O. The quantitative estimate of drug-likeness (QED) is 0.0600. The van der Waals surface area contributed by atoms with Crippen LogP contribution in [0.4, 0.5) is 28.0 Å². The van der Waals surface area contributed by atoms with E-state index in [1.807, 2.05) is 23.2 Å². The van der Waals surface area contributed by atoms with Crippen molar-refractivity contribution in [1.82, 2.24) is 81.2 Å². The highest BCUT2D eigenvalue weighted by molar-refractivity contribution is 6.13. The summed E-state index contributed by atoms with van der Waals surface area (Å²) in [7, 11) is 8.79. The van der Waals surface area contributed by atoms with Gasteiger partial charge in [0.1, 0.15) is 51.3 Å². The number of nitrogens with one attached hydrogen (secondary N) is 10. The van der Waals surface area contributed by atoms with Gasteiger partial charge in [-0.2, -0.15) is 0 Å². The summed E-state index contributed by atoms with van der Waals surface area (Å²) >= 11 is 0. The lowest BCUT2D eigenvalue weighted by molar-refractivity contribution is -0.123. The Kier molecular flexibility index (Phi) is 22.1. The molecular weight excluding hydrogens is 1610 g/mol. The van der Waals surface area contributed by atoms with Crippen molar-refractivity contribution < 1.29 is 89.7 Å². The molecule has 123 heavy (non-hydrogen) atoms. The van der Waals surface area contributed by atoms with Crippen molar-refractivity contribution in [2.45, 2.75) is 48.3 Å². The molecule has 4 saturated heterocycles. The predicted octanol–water partition coefficient (Wildman–Crippen LogP) is 0.922. The zero-order valence-corrected chi connectivity index (χ0v) is 65.4. The maximum Gasteiger partial charge on any atom is 0.330 e. The fourth-order valence-corrected chi connectivity index (χ4v) is 14.2. The molecule has 37 nitrogen and oxygen atoms in total. The summed E-state index contributed by atoms with van der Waals surface area (Å²) in [5.41, 5.74) is -3.55. The van der Waals surface area contributed by atoms with Gasteiger partial charge in [-0.3, -0.25) is 78.8 Å². The van der Waals surface area contributed by atoms with Crippen molar-refractivity contribution >= 4 is 82.4 Å². The van der Waals surface area contributed by atoms with E-state index in [-0.39, 0.29) is 86.1 Å². The van der Waals surface area contributed by atoms with Crippen LogP contribution in [-0.2, 0) is 59.5 Å². The first-order valence-electron chi connectivity index (χ1n) is 36.8. The number of halogens is 2. The van der Waals surface area contributed by atoms with Crippen LogP contribution in [0.2, 0.25) is 0 Å². The van der Waals surface area contributed by atoms with Crippen LogP contribution in [-0.4, -0.2) is 187 Å². The molecule has 0 aliphatic carbocycles. The number of amides is 16. The number of nitrogens with zero attached hydrogens (tertiary/aromatic N) is 6. The average molecular weight is 1670 g/mol. The van der Waals surface area contributed by atoms with E-state index >= 15 is 0 Å². The van der Waals surface area contributed by atoms with Crippen LogP contribution < -0.4 is 84.0 Å². The van der Waals surface area contributed by atoms with E-state index in [1.54, 1.807) is 85.1 Å². The van der Waals surface area contributed by atoms with Crippen LogP contribution in [0, 0.1) is 59.0 Å². The molecule has 4 fully saturated rings. The van der Waals surface area contributed by atoms with E-state index in [9.17, 15) is 85.5 Å². The van der Waals surface area contributed by atoms with E-state index in [2.05, 4.69) is 94.9 Å². The molecule has 0 bridgehead atoms. The number of hydrogen-bond donors (Lipinski definition) is 10. The van der Waals surface area contributed by atoms with Crippen molar-refractivity contribution in [2.24, 2.45) is 14.1 Å². The fourth-order valence-electron chi connectivity index (χ4n) is 14.2. The average Bonchev–Trinajstić information content (AvgIpc) is 1.62. The zero-order chi connectivity index (χ0) is 87.7. The largest absolute Gasteiger partial charge is 0.497 e. The number of carbonyl (C=O) groups excluding carboxylic acids is 12. The monoisotopic (exact) mass is 1670 g/mol. The summed E-state index contributed by atoms with van der Waals surface area (Å²) < 4.78 is 55.1. The highest BCUT2D eigenvalue weighted by Gasteiger charge is 2.53. The molecule has 39 heteroatoms. The molecule has 0 spiro atoms. The molecule has 16 amide bonds. The Morgan fingerprint density at radius 2 is 0.829 bits per heavy atom. The summed E-state index contributed by atoms with van der Waals surface area (Å²) in [5, 5.41) is 19.4. The number of rotatable bonds is 12.